The van der Waals surface area contributed by atoms with Crippen LogP contribution in [0.25, 0.3) is 0 Å². The largest absolute Gasteiger partial charge is 0.466 e. The van der Waals surface area contributed by atoms with Crippen molar-refractivity contribution in [1.82, 2.24) is 0 Å². The lowest BCUT2D eigenvalue weighted by Gasteiger charge is -2.09. The van der Waals surface area contributed by atoms with Crippen LogP contribution in [0.1, 0.15) is 26.2 Å². The first-order valence-electron chi connectivity index (χ1n) is 4.56. The molecule has 2 nitrogen and oxygen atoms in total. The maximum Gasteiger partial charge on any atom is 0.329 e. The molecule has 0 fully saturated rings. The molecule has 74 valence electrons. The summed E-state index contributed by atoms with van der Waals surface area (Å²) in [6.45, 7) is 5.47. The molecule has 1 unspecified atom stereocenters. The second-order valence-corrected chi connectivity index (χ2v) is 3.12. The van der Waals surface area contributed by atoms with Crippen LogP contribution in [0.3, 0.4) is 0 Å². The van der Waals surface area contributed by atoms with Gasteiger partial charge in [-0.1, -0.05) is 25.7 Å². The van der Waals surface area contributed by atoms with Crippen molar-refractivity contribution in [2.24, 2.45) is 5.92 Å². The summed E-state index contributed by atoms with van der Waals surface area (Å²) in [7, 11) is 1.31. The number of allylic oxidation sites excluding steroid dienone is 2. The lowest BCUT2D eigenvalue weighted by molar-refractivity contribution is -0.134. The van der Waals surface area contributed by atoms with Crippen LogP contribution >= 0.6 is 0 Å². The van der Waals surface area contributed by atoms with Gasteiger partial charge in [0, 0.05) is 6.08 Å². The molecule has 1 aliphatic carbocycles. The van der Waals surface area contributed by atoms with Crippen molar-refractivity contribution in [2.75, 3.05) is 7.11 Å². The van der Waals surface area contributed by atoms with Crippen molar-refractivity contribution in [1.29, 1.82) is 0 Å². The van der Waals surface area contributed by atoms with E-state index in [1.54, 1.807) is 0 Å². The summed E-state index contributed by atoms with van der Waals surface area (Å²) in [6, 6.07) is 0. The van der Waals surface area contributed by atoms with Crippen LogP contribution in [0.15, 0.2) is 24.8 Å². The Balaban J connectivity index is 0.000000226. The van der Waals surface area contributed by atoms with Crippen molar-refractivity contribution in [3.05, 3.63) is 24.8 Å². The highest BCUT2D eigenvalue weighted by Gasteiger charge is 2.00. The van der Waals surface area contributed by atoms with Gasteiger partial charge < -0.3 is 4.74 Å². The SMILES string of the molecule is C=CC(=O)OC.CC1CC=CCC1. The fourth-order valence-corrected chi connectivity index (χ4v) is 1.03. The van der Waals surface area contributed by atoms with Gasteiger partial charge in [-0.2, -0.15) is 0 Å². The lowest BCUT2D eigenvalue weighted by atomic mass is 9.97. The molecule has 1 atom stereocenters. The van der Waals surface area contributed by atoms with E-state index in [1.807, 2.05) is 0 Å². The Morgan fingerprint density at radius 2 is 2.31 bits per heavy atom. The van der Waals surface area contributed by atoms with E-state index in [1.165, 1.54) is 26.4 Å². The molecule has 0 aromatic carbocycles. The summed E-state index contributed by atoms with van der Waals surface area (Å²) in [6.07, 6.45) is 9.69. The smallest absolute Gasteiger partial charge is 0.329 e. The van der Waals surface area contributed by atoms with E-state index in [0.29, 0.717) is 0 Å². The first-order chi connectivity index (χ1) is 6.20. The Morgan fingerprint density at radius 3 is 2.46 bits per heavy atom. The predicted molar refractivity (Wildman–Crippen MR) is 54.4 cm³/mol. The van der Waals surface area contributed by atoms with Gasteiger partial charge in [0.05, 0.1) is 7.11 Å². The minimum Gasteiger partial charge on any atom is -0.466 e. The molecule has 0 saturated carbocycles. The minimum atomic E-state index is -0.394. The van der Waals surface area contributed by atoms with Crippen molar-refractivity contribution in [3.63, 3.8) is 0 Å². The van der Waals surface area contributed by atoms with Gasteiger partial charge in [0.15, 0.2) is 0 Å². The predicted octanol–water partition coefficient (Wildman–Crippen LogP) is 2.71. The van der Waals surface area contributed by atoms with E-state index in [2.05, 4.69) is 30.4 Å². The number of carbonyl (C=O) groups excluding carboxylic acids is 1. The standard InChI is InChI=1S/C7H12.C4H6O2/c1-7-5-3-2-4-6-7;1-3-4(5)6-2/h2-3,7H,4-6H2,1H3;3H,1H2,2H3. The van der Waals surface area contributed by atoms with Crippen LogP contribution in [0.5, 0.6) is 0 Å². The second-order valence-electron chi connectivity index (χ2n) is 3.12. The van der Waals surface area contributed by atoms with Crippen LogP contribution in [0, 0.1) is 5.92 Å². The molecular formula is C11H18O2. The zero-order valence-corrected chi connectivity index (χ0v) is 8.45. The molecule has 0 aliphatic heterocycles. The summed E-state index contributed by atoms with van der Waals surface area (Å²) in [5.41, 5.74) is 0. The van der Waals surface area contributed by atoms with E-state index in [0.717, 1.165) is 12.0 Å². The maximum atomic E-state index is 9.84. The van der Waals surface area contributed by atoms with Gasteiger partial charge in [-0.3, -0.25) is 0 Å². The first kappa shape index (κ1) is 11.9. The van der Waals surface area contributed by atoms with Crippen molar-refractivity contribution in [3.8, 4) is 0 Å². The van der Waals surface area contributed by atoms with Crippen LogP contribution in [0.4, 0.5) is 0 Å². The average Bonchev–Trinajstić information content (AvgIpc) is 2.19. The zero-order chi connectivity index (χ0) is 10.1. The lowest BCUT2D eigenvalue weighted by Crippen LogP contribution is -1.94. The monoisotopic (exact) mass is 182 g/mol. The molecule has 0 amide bonds. The quantitative estimate of drug-likeness (QED) is 0.354. The van der Waals surface area contributed by atoms with Crippen LogP contribution in [-0.4, -0.2) is 13.1 Å². The van der Waals surface area contributed by atoms with Crippen LogP contribution in [-0.2, 0) is 9.53 Å². The summed E-state index contributed by atoms with van der Waals surface area (Å²) < 4.78 is 4.14. The molecule has 2 heteroatoms. The molecule has 0 N–H and O–H groups in total. The number of rotatable bonds is 1. The molecular weight excluding hydrogens is 164 g/mol. The van der Waals surface area contributed by atoms with Gasteiger partial charge in [-0.05, 0) is 25.2 Å². The van der Waals surface area contributed by atoms with Crippen LogP contribution < -0.4 is 0 Å². The summed E-state index contributed by atoms with van der Waals surface area (Å²) in [5, 5.41) is 0. The van der Waals surface area contributed by atoms with Crippen molar-refractivity contribution >= 4 is 5.97 Å². The normalized spacial score (nSPS) is 19.7. The molecule has 0 heterocycles. The van der Waals surface area contributed by atoms with Gasteiger partial charge >= 0.3 is 5.97 Å². The molecule has 0 bridgehead atoms. The number of hydrogen-bond acceptors (Lipinski definition) is 2. The number of hydrogen-bond donors (Lipinski definition) is 0. The highest BCUT2D eigenvalue weighted by atomic mass is 16.5. The molecule has 0 aromatic rings. The zero-order valence-electron chi connectivity index (χ0n) is 8.45. The molecule has 0 saturated heterocycles. The van der Waals surface area contributed by atoms with E-state index in [9.17, 15) is 4.79 Å². The number of ether oxygens (including phenoxy) is 1. The molecule has 0 radical (unpaired) electrons. The average molecular weight is 182 g/mol. The Morgan fingerprint density at radius 1 is 1.62 bits per heavy atom. The Hall–Kier alpha value is -1.05. The number of methoxy groups -OCH3 is 1. The fraction of sp³-hybridized carbons (Fsp3) is 0.545. The fourth-order valence-electron chi connectivity index (χ4n) is 1.03. The highest BCUT2D eigenvalue weighted by Crippen LogP contribution is 2.15. The molecule has 0 aromatic heterocycles. The van der Waals surface area contributed by atoms with E-state index in [-0.39, 0.29) is 0 Å². The van der Waals surface area contributed by atoms with E-state index in [4.69, 9.17) is 0 Å². The van der Waals surface area contributed by atoms with Gasteiger partial charge in [0.1, 0.15) is 0 Å². The van der Waals surface area contributed by atoms with Crippen LogP contribution in [0.2, 0.25) is 0 Å². The van der Waals surface area contributed by atoms with Crippen molar-refractivity contribution < 1.29 is 9.53 Å². The summed E-state index contributed by atoms with van der Waals surface area (Å²) in [5.74, 6) is 0.556. The molecule has 0 spiro atoms. The van der Waals surface area contributed by atoms with Crippen molar-refractivity contribution in [2.45, 2.75) is 26.2 Å². The van der Waals surface area contributed by atoms with E-state index >= 15 is 0 Å². The third kappa shape index (κ3) is 7.32. The first-order valence-corrected chi connectivity index (χ1v) is 4.56. The van der Waals surface area contributed by atoms with Gasteiger partial charge in [-0.15, -0.1) is 0 Å². The highest BCUT2D eigenvalue weighted by molar-refractivity contribution is 5.80. The topological polar surface area (TPSA) is 26.3 Å². The Bertz CT molecular complexity index is 183. The summed E-state index contributed by atoms with van der Waals surface area (Å²) >= 11 is 0. The number of carbonyl (C=O) groups is 1. The Labute approximate surface area is 80.3 Å². The van der Waals surface area contributed by atoms with Gasteiger partial charge in [0.2, 0.25) is 0 Å². The molecule has 1 aliphatic rings. The molecule has 1 rings (SSSR count). The minimum absolute atomic E-state index is 0.394. The Kier molecular flexibility index (Phi) is 6.98. The maximum absolute atomic E-state index is 9.84. The second kappa shape index (κ2) is 7.59. The third-order valence-corrected chi connectivity index (χ3v) is 1.90. The number of esters is 1. The summed E-state index contributed by atoms with van der Waals surface area (Å²) in [4.78, 5) is 9.84. The van der Waals surface area contributed by atoms with Gasteiger partial charge in [0.25, 0.3) is 0 Å². The molecule has 13 heavy (non-hydrogen) atoms. The van der Waals surface area contributed by atoms with Gasteiger partial charge in [-0.25, -0.2) is 4.79 Å². The third-order valence-electron chi connectivity index (χ3n) is 1.90. The van der Waals surface area contributed by atoms with E-state index < -0.39 is 5.97 Å².